The van der Waals surface area contributed by atoms with Crippen LogP contribution < -0.4 is 28.7 Å². The minimum atomic E-state index is 0. The summed E-state index contributed by atoms with van der Waals surface area (Å²) in [6.07, 6.45) is 1.14. The lowest BCUT2D eigenvalue weighted by atomic mass is 10.3. The van der Waals surface area contributed by atoms with E-state index >= 15 is 0 Å². The molecule has 0 fully saturated rings. The Labute approximate surface area is 98.8 Å². The van der Waals surface area contributed by atoms with Crippen molar-refractivity contribution < 1.29 is 28.7 Å². The van der Waals surface area contributed by atoms with Gasteiger partial charge in [-0.2, -0.15) is 0 Å². The van der Waals surface area contributed by atoms with Gasteiger partial charge in [0, 0.05) is 24.0 Å². The zero-order chi connectivity index (χ0) is 8.39. The molecule has 0 saturated carbocycles. The van der Waals surface area contributed by atoms with E-state index in [0.717, 1.165) is 13.0 Å². The number of hydrogen-bond acceptors (Lipinski definition) is 2. The minimum absolute atomic E-state index is 0. The Bertz CT molecular complexity index is 386. The molecule has 1 aromatic carbocycles. The van der Waals surface area contributed by atoms with Crippen LogP contribution in [0.5, 0.6) is 0 Å². The summed E-state index contributed by atoms with van der Waals surface area (Å²) in [5.74, 6) is 0. The van der Waals surface area contributed by atoms with Gasteiger partial charge in [-0.15, -0.1) is 0 Å². The smallest absolute Gasteiger partial charge is 0.251 e. The summed E-state index contributed by atoms with van der Waals surface area (Å²) < 4.78 is 7.68. The molecule has 13 heavy (non-hydrogen) atoms. The number of halogens is 1. The lowest BCUT2D eigenvalue weighted by molar-refractivity contribution is -0.722. The van der Waals surface area contributed by atoms with Crippen molar-refractivity contribution in [2.75, 3.05) is 0 Å². The molecular formula is C9H11IN2S. The van der Waals surface area contributed by atoms with Crippen LogP contribution in [0, 0.1) is 0 Å². The van der Waals surface area contributed by atoms with E-state index in [2.05, 4.69) is 40.4 Å². The quantitative estimate of drug-likeness (QED) is 0.514. The highest BCUT2D eigenvalue weighted by Gasteiger charge is 2.10. The van der Waals surface area contributed by atoms with Crippen molar-refractivity contribution in [3.8, 4) is 0 Å². The number of aryl methyl sites for hydroxylation is 1. The van der Waals surface area contributed by atoms with Crippen LogP contribution in [0.25, 0.3) is 10.2 Å². The van der Waals surface area contributed by atoms with Gasteiger partial charge in [0.05, 0.1) is 4.49 Å². The van der Waals surface area contributed by atoms with E-state index < -0.39 is 0 Å². The van der Waals surface area contributed by atoms with Gasteiger partial charge in [0.15, 0.2) is 6.54 Å². The summed E-state index contributed by atoms with van der Waals surface area (Å²) in [4.78, 5) is 0. The molecule has 0 N–H and O–H groups in total. The monoisotopic (exact) mass is 306 g/mol. The van der Waals surface area contributed by atoms with E-state index in [9.17, 15) is 0 Å². The Morgan fingerprint density at radius 1 is 1.38 bits per heavy atom. The van der Waals surface area contributed by atoms with E-state index in [1.54, 1.807) is 11.5 Å². The topological polar surface area (TPSA) is 16.8 Å². The maximum Gasteiger partial charge on any atom is 0.251 e. The first-order chi connectivity index (χ1) is 5.92. The van der Waals surface area contributed by atoms with Gasteiger partial charge in [-0.25, -0.2) is 0 Å². The molecule has 1 aromatic heterocycles. The fourth-order valence-corrected chi connectivity index (χ4v) is 2.02. The molecule has 0 aliphatic carbocycles. The van der Waals surface area contributed by atoms with Crippen LogP contribution in [0.4, 0.5) is 0 Å². The van der Waals surface area contributed by atoms with Crippen LogP contribution in [-0.2, 0) is 6.54 Å². The third kappa shape index (κ3) is 2.17. The first-order valence-electron chi connectivity index (χ1n) is 4.16. The number of benzene rings is 1. The van der Waals surface area contributed by atoms with Gasteiger partial charge >= 0.3 is 0 Å². The third-order valence-electron chi connectivity index (χ3n) is 1.82. The van der Waals surface area contributed by atoms with Crippen molar-refractivity contribution in [2.24, 2.45) is 0 Å². The maximum absolute atomic E-state index is 4.34. The van der Waals surface area contributed by atoms with Crippen molar-refractivity contribution in [3.05, 3.63) is 24.3 Å². The molecule has 2 aromatic rings. The van der Waals surface area contributed by atoms with Crippen molar-refractivity contribution in [3.63, 3.8) is 0 Å². The van der Waals surface area contributed by atoms with Crippen molar-refractivity contribution in [1.82, 2.24) is 4.49 Å². The van der Waals surface area contributed by atoms with Crippen molar-refractivity contribution in [1.29, 1.82) is 0 Å². The van der Waals surface area contributed by atoms with Gasteiger partial charge in [-0.1, -0.05) is 23.7 Å². The van der Waals surface area contributed by atoms with Gasteiger partial charge in [0.25, 0.3) is 5.52 Å². The van der Waals surface area contributed by atoms with Crippen LogP contribution in [-0.4, -0.2) is 4.49 Å². The standard InChI is InChI=1S/C9H11N2S.HI/c1-2-7-11-8-5-3-4-6-9(8)12-10-11;/h3-6H,2,7H2,1H3;1H/q+1;/p-1. The normalized spacial score (nSPS) is 9.92. The van der Waals surface area contributed by atoms with Gasteiger partial charge in [0.2, 0.25) is 0 Å². The summed E-state index contributed by atoms with van der Waals surface area (Å²) >= 11 is 1.57. The molecule has 4 heteroatoms. The summed E-state index contributed by atoms with van der Waals surface area (Å²) in [6, 6.07) is 8.34. The average Bonchev–Trinajstić information content (AvgIpc) is 2.50. The van der Waals surface area contributed by atoms with Crippen LogP contribution in [0.2, 0.25) is 0 Å². The highest BCUT2D eigenvalue weighted by Crippen LogP contribution is 2.12. The van der Waals surface area contributed by atoms with Crippen LogP contribution in [0.1, 0.15) is 13.3 Å². The summed E-state index contributed by atoms with van der Waals surface area (Å²) in [5, 5.41) is 0. The molecular weight excluding hydrogens is 295 g/mol. The minimum Gasteiger partial charge on any atom is -1.00 e. The SMILES string of the molecule is CCC[n+]1nsc2ccccc21.[I-]. The van der Waals surface area contributed by atoms with Crippen molar-refractivity contribution in [2.45, 2.75) is 19.9 Å². The second kappa shape index (κ2) is 4.85. The number of aromatic nitrogens is 2. The highest BCUT2D eigenvalue weighted by molar-refractivity contribution is 7.12. The second-order valence-electron chi connectivity index (χ2n) is 2.76. The predicted molar refractivity (Wildman–Crippen MR) is 50.1 cm³/mol. The molecule has 0 spiro atoms. The summed E-state index contributed by atoms with van der Waals surface area (Å²) in [5.41, 5.74) is 1.25. The highest BCUT2D eigenvalue weighted by atomic mass is 127. The van der Waals surface area contributed by atoms with E-state index in [1.165, 1.54) is 10.2 Å². The van der Waals surface area contributed by atoms with E-state index in [0.29, 0.717) is 0 Å². The maximum atomic E-state index is 4.34. The summed E-state index contributed by atoms with van der Waals surface area (Å²) in [7, 11) is 0. The lowest BCUT2D eigenvalue weighted by Crippen LogP contribution is -3.00. The van der Waals surface area contributed by atoms with Gasteiger partial charge in [-0.3, -0.25) is 0 Å². The molecule has 0 unspecified atom stereocenters. The summed E-state index contributed by atoms with van der Waals surface area (Å²) in [6.45, 7) is 3.19. The lowest BCUT2D eigenvalue weighted by Gasteiger charge is -1.85. The van der Waals surface area contributed by atoms with Crippen molar-refractivity contribution >= 4 is 21.7 Å². The third-order valence-corrected chi connectivity index (χ3v) is 2.64. The van der Waals surface area contributed by atoms with E-state index in [4.69, 9.17) is 0 Å². The molecule has 0 aliphatic heterocycles. The second-order valence-corrected chi connectivity index (χ2v) is 3.55. The largest absolute Gasteiger partial charge is 1.00 e. The fourth-order valence-electron chi connectivity index (χ4n) is 1.26. The van der Waals surface area contributed by atoms with Crippen LogP contribution in [0.3, 0.4) is 0 Å². The average molecular weight is 306 g/mol. The Kier molecular flexibility index (Phi) is 4.05. The Hall–Kier alpha value is -0.230. The number of hydrogen-bond donors (Lipinski definition) is 0. The molecule has 0 radical (unpaired) electrons. The molecule has 0 atom stereocenters. The molecule has 0 bridgehead atoms. The fraction of sp³-hybridized carbons (Fsp3) is 0.333. The van der Waals surface area contributed by atoms with Gasteiger partial charge in [-0.05, 0) is 6.07 Å². The van der Waals surface area contributed by atoms with Gasteiger partial charge in [0.1, 0.15) is 4.70 Å². The molecule has 0 amide bonds. The zero-order valence-corrected chi connectivity index (χ0v) is 10.4. The van der Waals surface area contributed by atoms with Crippen LogP contribution >= 0.6 is 11.5 Å². The number of nitrogens with zero attached hydrogens (tertiary/aromatic N) is 2. The van der Waals surface area contributed by atoms with Crippen LogP contribution in [0.15, 0.2) is 24.3 Å². The van der Waals surface area contributed by atoms with E-state index in [1.807, 2.05) is 0 Å². The number of para-hydroxylation sites is 1. The Morgan fingerprint density at radius 3 is 2.92 bits per heavy atom. The predicted octanol–water partition coefficient (Wildman–Crippen LogP) is -1.00. The molecule has 70 valence electrons. The van der Waals surface area contributed by atoms with Gasteiger partial charge < -0.3 is 24.0 Å². The molecule has 2 rings (SSSR count). The first kappa shape index (κ1) is 10.8. The number of rotatable bonds is 2. The first-order valence-corrected chi connectivity index (χ1v) is 4.93. The molecule has 1 heterocycles. The zero-order valence-electron chi connectivity index (χ0n) is 7.40. The number of fused-ring (bicyclic) bond motifs is 1. The molecule has 0 aliphatic rings. The Morgan fingerprint density at radius 2 is 2.15 bits per heavy atom. The Balaban J connectivity index is 0.000000845. The van der Waals surface area contributed by atoms with E-state index in [-0.39, 0.29) is 24.0 Å². The molecule has 0 saturated heterocycles. The molecule has 2 nitrogen and oxygen atoms in total.